The van der Waals surface area contributed by atoms with Crippen LogP contribution in [-0.4, -0.2) is 24.1 Å². The zero-order chi connectivity index (χ0) is 20.5. The van der Waals surface area contributed by atoms with Crippen LogP contribution in [0, 0.1) is 0 Å². The molecule has 1 aliphatic heterocycles. The molecule has 28 heavy (non-hydrogen) atoms. The fourth-order valence-electron chi connectivity index (χ4n) is 3.09. The van der Waals surface area contributed by atoms with Crippen molar-refractivity contribution in [2.45, 2.75) is 39.3 Å². The molecule has 0 bridgehead atoms. The molecule has 2 aromatic rings. The molecular weight excluding hydrogens is 378 g/mol. The SMILES string of the molecule is CC(c1cccc(Cl)c1)N1C(=O)COc2cc(NC(=O)NC(C)(C)C)ccc21. The number of ether oxygens (including phenoxy) is 1. The van der Waals surface area contributed by atoms with Gasteiger partial charge in [-0.15, -0.1) is 0 Å². The lowest BCUT2D eigenvalue weighted by Gasteiger charge is -2.34. The van der Waals surface area contributed by atoms with Crippen LogP contribution >= 0.6 is 11.6 Å². The number of amides is 3. The second-order valence-electron chi connectivity index (χ2n) is 7.80. The Morgan fingerprint density at radius 2 is 1.96 bits per heavy atom. The molecule has 3 amide bonds. The quantitative estimate of drug-likeness (QED) is 0.779. The molecule has 3 rings (SSSR count). The maximum absolute atomic E-state index is 12.6. The molecule has 2 N–H and O–H groups in total. The van der Waals surface area contributed by atoms with E-state index in [-0.39, 0.29) is 30.1 Å². The first kappa shape index (κ1) is 20.0. The molecule has 0 fully saturated rings. The molecule has 1 atom stereocenters. The van der Waals surface area contributed by atoms with Crippen molar-refractivity contribution in [2.24, 2.45) is 0 Å². The maximum Gasteiger partial charge on any atom is 0.319 e. The molecule has 2 aromatic carbocycles. The van der Waals surface area contributed by atoms with Crippen molar-refractivity contribution >= 4 is 34.9 Å². The van der Waals surface area contributed by atoms with Crippen LogP contribution in [0.1, 0.15) is 39.3 Å². The fourth-order valence-corrected chi connectivity index (χ4v) is 3.29. The molecule has 1 heterocycles. The summed E-state index contributed by atoms with van der Waals surface area (Å²) in [6.07, 6.45) is 0. The zero-order valence-corrected chi connectivity index (χ0v) is 17.1. The first-order valence-electron chi connectivity index (χ1n) is 9.07. The number of fused-ring (bicyclic) bond motifs is 1. The normalized spacial score (nSPS) is 14.8. The number of carbonyl (C=O) groups is 2. The predicted molar refractivity (Wildman–Crippen MR) is 111 cm³/mol. The van der Waals surface area contributed by atoms with Crippen LogP contribution in [0.2, 0.25) is 5.02 Å². The van der Waals surface area contributed by atoms with Crippen molar-refractivity contribution in [1.82, 2.24) is 5.32 Å². The van der Waals surface area contributed by atoms with E-state index in [0.29, 0.717) is 22.1 Å². The van der Waals surface area contributed by atoms with Crippen molar-refractivity contribution in [3.8, 4) is 5.75 Å². The van der Waals surface area contributed by atoms with Gasteiger partial charge in [0.05, 0.1) is 11.7 Å². The average molecular weight is 402 g/mol. The largest absolute Gasteiger partial charge is 0.481 e. The number of benzene rings is 2. The molecule has 0 aromatic heterocycles. The summed E-state index contributed by atoms with van der Waals surface area (Å²) < 4.78 is 5.61. The Bertz CT molecular complexity index is 908. The van der Waals surface area contributed by atoms with Crippen LogP contribution in [0.5, 0.6) is 5.75 Å². The van der Waals surface area contributed by atoms with Gasteiger partial charge in [-0.25, -0.2) is 4.79 Å². The van der Waals surface area contributed by atoms with Gasteiger partial charge in [-0.1, -0.05) is 23.7 Å². The van der Waals surface area contributed by atoms with Gasteiger partial charge in [0.2, 0.25) is 0 Å². The molecule has 1 unspecified atom stereocenters. The first-order chi connectivity index (χ1) is 13.1. The molecule has 7 heteroatoms. The standard InChI is InChI=1S/C21H24ClN3O3/c1-13(14-6-5-7-15(22)10-14)25-17-9-8-16(11-18(17)28-12-19(25)26)23-20(27)24-21(2,3)4/h5-11,13H,12H2,1-4H3,(H2,23,24,27). The Kier molecular flexibility index (Phi) is 5.52. The summed E-state index contributed by atoms with van der Waals surface area (Å²) in [5.74, 6) is 0.410. The number of anilines is 2. The maximum atomic E-state index is 12.6. The molecule has 0 radical (unpaired) electrons. The molecule has 0 spiro atoms. The van der Waals surface area contributed by atoms with Crippen LogP contribution in [0.15, 0.2) is 42.5 Å². The molecule has 0 saturated heterocycles. The average Bonchev–Trinajstić information content (AvgIpc) is 2.59. The number of nitrogens with zero attached hydrogens (tertiary/aromatic N) is 1. The lowest BCUT2D eigenvalue weighted by Crippen LogP contribution is -2.43. The highest BCUT2D eigenvalue weighted by molar-refractivity contribution is 6.30. The van der Waals surface area contributed by atoms with E-state index >= 15 is 0 Å². The molecule has 0 saturated carbocycles. The smallest absolute Gasteiger partial charge is 0.319 e. The first-order valence-corrected chi connectivity index (χ1v) is 9.45. The summed E-state index contributed by atoms with van der Waals surface area (Å²) in [5.41, 5.74) is 1.83. The van der Waals surface area contributed by atoms with Crippen LogP contribution in [0.3, 0.4) is 0 Å². The number of nitrogens with one attached hydrogen (secondary N) is 2. The second kappa shape index (κ2) is 7.72. The van der Waals surface area contributed by atoms with Gasteiger partial charge in [0.1, 0.15) is 5.75 Å². The summed E-state index contributed by atoms with van der Waals surface area (Å²) in [4.78, 5) is 26.4. The van der Waals surface area contributed by atoms with E-state index in [1.165, 1.54) is 0 Å². The van der Waals surface area contributed by atoms with Gasteiger partial charge in [-0.2, -0.15) is 0 Å². The number of rotatable bonds is 3. The third-order valence-electron chi connectivity index (χ3n) is 4.30. The van der Waals surface area contributed by atoms with E-state index < -0.39 is 0 Å². The minimum absolute atomic E-state index is 0.0600. The Hall–Kier alpha value is -2.73. The van der Waals surface area contributed by atoms with E-state index in [4.69, 9.17) is 16.3 Å². The van der Waals surface area contributed by atoms with Gasteiger partial charge in [-0.3, -0.25) is 9.69 Å². The van der Waals surface area contributed by atoms with E-state index in [2.05, 4.69) is 10.6 Å². The number of halogens is 1. The third kappa shape index (κ3) is 4.57. The van der Waals surface area contributed by atoms with Crippen molar-refractivity contribution in [2.75, 3.05) is 16.8 Å². The predicted octanol–water partition coefficient (Wildman–Crippen LogP) is 4.75. The molecule has 0 aliphatic carbocycles. The van der Waals surface area contributed by atoms with Crippen molar-refractivity contribution < 1.29 is 14.3 Å². The molecule has 1 aliphatic rings. The van der Waals surface area contributed by atoms with Crippen LogP contribution < -0.4 is 20.3 Å². The van der Waals surface area contributed by atoms with Crippen LogP contribution in [0.25, 0.3) is 0 Å². The summed E-state index contributed by atoms with van der Waals surface area (Å²) >= 11 is 6.11. The minimum atomic E-state index is -0.343. The van der Waals surface area contributed by atoms with Crippen molar-refractivity contribution in [3.05, 3.63) is 53.1 Å². The van der Waals surface area contributed by atoms with Crippen LogP contribution in [0.4, 0.5) is 16.2 Å². The van der Waals surface area contributed by atoms with E-state index in [1.54, 1.807) is 29.2 Å². The number of urea groups is 1. The highest BCUT2D eigenvalue weighted by Crippen LogP contribution is 2.39. The molecule has 148 valence electrons. The van der Waals surface area contributed by atoms with Crippen molar-refractivity contribution in [3.63, 3.8) is 0 Å². The van der Waals surface area contributed by atoms with Crippen molar-refractivity contribution in [1.29, 1.82) is 0 Å². The minimum Gasteiger partial charge on any atom is -0.481 e. The highest BCUT2D eigenvalue weighted by atomic mass is 35.5. The second-order valence-corrected chi connectivity index (χ2v) is 8.23. The number of carbonyl (C=O) groups excluding carboxylic acids is 2. The van der Waals surface area contributed by atoms with Gasteiger partial charge in [0.25, 0.3) is 5.91 Å². The summed E-state index contributed by atoms with van der Waals surface area (Å²) in [6.45, 7) is 7.60. The fraction of sp³-hybridized carbons (Fsp3) is 0.333. The summed E-state index contributed by atoms with van der Waals surface area (Å²) in [7, 11) is 0. The van der Waals surface area contributed by atoms with Gasteiger partial charge >= 0.3 is 6.03 Å². The van der Waals surface area contributed by atoms with Crippen LogP contribution in [-0.2, 0) is 4.79 Å². The lowest BCUT2D eigenvalue weighted by atomic mass is 10.0. The number of hydrogen-bond acceptors (Lipinski definition) is 3. The van der Waals surface area contributed by atoms with Gasteiger partial charge in [0.15, 0.2) is 6.61 Å². The third-order valence-corrected chi connectivity index (χ3v) is 4.54. The Labute approximate surface area is 169 Å². The summed E-state index contributed by atoms with van der Waals surface area (Å²) in [5, 5.41) is 6.25. The Morgan fingerprint density at radius 3 is 2.64 bits per heavy atom. The highest BCUT2D eigenvalue weighted by Gasteiger charge is 2.30. The van der Waals surface area contributed by atoms with E-state index in [9.17, 15) is 9.59 Å². The van der Waals surface area contributed by atoms with Gasteiger partial charge in [-0.05, 0) is 57.5 Å². The number of hydrogen-bond donors (Lipinski definition) is 2. The molecule has 6 nitrogen and oxygen atoms in total. The van der Waals surface area contributed by atoms with Gasteiger partial charge < -0.3 is 15.4 Å². The van der Waals surface area contributed by atoms with Gasteiger partial charge in [0, 0.05) is 22.3 Å². The van der Waals surface area contributed by atoms with E-state index in [1.807, 2.05) is 45.9 Å². The van der Waals surface area contributed by atoms with E-state index in [0.717, 1.165) is 5.56 Å². The summed E-state index contributed by atoms with van der Waals surface area (Å²) in [6, 6.07) is 12.2. The topological polar surface area (TPSA) is 70.7 Å². The Balaban J connectivity index is 1.85. The zero-order valence-electron chi connectivity index (χ0n) is 16.4. The Morgan fingerprint density at radius 1 is 1.21 bits per heavy atom. The molecular formula is C21H24ClN3O3. The lowest BCUT2D eigenvalue weighted by molar-refractivity contribution is -0.121. The monoisotopic (exact) mass is 401 g/mol.